The predicted octanol–water partition coefficient (Wildman–Crippen LogP) is 2.33. The molecule has 0 aliphatic carbocycles. The van der Waals surface area contributed by atoms with E-state index in [0.29, 0.717) is 6.04 Å². The van der Waals surface area contributed by atoms with Crippen LogP contribution in [0, 0.1) is 0 Å². The number of thioether (sulfide) groups is 1. The van der Waals surface area contributed by atoms with E-state index in [-0.39, 0.29) is 5.56 Å². The van der Waals surface area contributed by atoms with Gasteiger partial charge in [0.25, 0.3) is 5.56 Å². The van der Waals surface area contributed by atoms with E-state index in [1.165, 1.54) is 0 Å². The molecule has 0 saturated carbocycles. The highest BCUT2D eigenvalue weighted by Gasteiger charge is 2.03. The molecule has 1 unspecified atom stereocenters. The number of aryl methyl sites for hydroxylation is 1. The van der Waals surface area contributed by atoms with Crippen LogP contribution < -0.4 is 11.3 Å². The van der Waals surface area contributed by atoms with Gasteiger partial charge in [-0.25, -0.2) is 4.98 Å². The van der Waals surface area contributed by atoms with Gasteiger partial charge in [0.05, 0.1) is 0 Å². The quantitative estimate of drug-likeness (QED) is 0.431. The normalized spacial score (nSPS) is 12.6. The van der Waals surface area contributed by atoms with E-state index in [1.54, 1.807) is 17.8 Å². The van der Waals surface area contributed by atoms with Crippen molar-refractivity contribution in [2.24, 2.45) is 5.73 Å². The number of nitrogens with two attached hydrogens (primary N) is 1. The molecule has 0 radical (unpaired) electrons. The van der Waals surface area contributed by atoms with E-state index in [9.17, 15) is 4.79 Å². The monoisotopic (exact) mass is 269 g/mol. The van der Waals surface area contributed by atoms with Gasteiger partial charge in [-0.05, 0) is 25.7 Å². The second-order valence-electron chi connectivity index (χ2n) is 4.45. The van der Waals surface area contributed by atoms with Crippen LogP contribution in [0.2, 0.25) is 0 Å². The van der Waals surface area contributed by atoms with Gasteiger partial charge in [-0.2, -0.15) is 0 Å². The first-order valence-electron chi connectivity index (χ1n) is 6.64. The Morgan fingerprint density at radius 2 is 2.28 bits per heavy atom. The fourth-order valence-electron chi connectivity index (χ4n) is 1.65. The molecule has 0 amide bonds. The molecule has 1 aromatic heterocycles. The molecule has 0 aliphatic rings. The van der Waals surface area contributed by atoms with Gasteiger partial charge in [0.1, 0.15) is 0 Å². The summed E-state index contributed by atoms with van der Waals surface area (Å²) in [7, 11) is 0. The Morgan fingerprint density at radius 1 is 1.50 bits per heavy atom. The minimum atomic E-state index is -0.0544. The lowest BCUT2D eigenvalue weighted by atomic mass is 10.1. The minimum absolute atomic E-state index is 0.0544. The number of nitrogens with one attached hydrogen (secondary N) is 1. The highest BCUT2D eigenvalue weighted by atomic mass is 32.2. The van der Waals surface area contributed by atoms with Crippen molar-refractivity contribution >= 4 is 11.8 Å². The summed E-state index contributed by atoms with van der Waals surface area (Å²) < 4.78 is 0. The lowest BCUT2D eigenvalue weighted by Crippen LogP contribution is -2.18. The lowest BCUT2D eigenvalue weighted by molar-refractivity contribution is 0.589. The number of aromatic nitrogens is 2. The fourth-order valence-corrected chi connectivity index (χ4v) is 2.51. The molecule has 3 N–H and O–H groups in total. The van der Waals surface area contributed by atoms with Crippen LogP contribution in [0.1, 0.15) is 45.2 Å². The minimum Gasteiger partial charge on any atom is -0.328 e. The Morgan fingerprint density at radius 3 is 2.94 bits per heavy atom. The van der Waals surface area contributed by atoms with Gasteiger partial charge >= 0.3 is 0 Å². The smallest absolute Gasteiger partial charge is 0.251 e. The van der Waals surface area contributed by atoms with Crippen molar-refractivity contribution in [1.29, 1.82) is 0 Å². The van der Waals surface area contributed by atoms with Crippen LogP contribution >= 0.6 is 11.8 Å². The van der Waals surface area contributed by atoms with Gasteiger partial charge in [-0.3, -0.25) is 4.79 Å². The average Bonchev–Trinajstić information content (AvgIpc) is 2.34. The zero-order valence-corrected chi connectivity index (χ0v) is 12.1. The molecular formula is C13H23N3OS. The Labute approximate surface area is 113 Å². The third-order valence-electron chi connectivity index (χ3n) is 2.76. The first-order chi connectivity index (χ1) is 8.65. The summed E-state index contributed by atoms with van der Waals surface area (Å²) in [6.45, 7) is 4.19. The fraction of sp³-hybridized carbons (Fsp3) is 0.692. The van der Waals surface area contributed by atoms with E-state index in [4.69, 9.17) is 5.73 Å². The van der Waals surface area contributed by atoms with Crippen molar-refractivity contribution in [3.63, 3.8) is 0 Å². The van der Waals surface area contributed by atoms with Gasteiger partial charge in [-0.15, -0.1) is 0 Å². The third kappa shape index (κ3) is 5.69. The van der Waals surface area contributed by atoms with Crippen LogP contribution in [0.4, 0.5) is 0 Å². The summed E-state index contributed by atoms with van der Waals surface area (Å²) in [6.07, 6.45) is 4.97. The first-order valence-corrected chi connectivity index (χ1v) is 7.62. The van der Waals surface area contributed by atoms with E-state index in [0.717, 1.165) is 48.7 Å². The molecule has 0 bridgehead atoms. The first kappa shape index (κ1) is 15.2. The Kier molecular flexibility index (Phi) is 7.05. The summed E-state index contributed by atoms with van der Waals surface area (Å²) in [5.74, 6) is 0.951. The predicted molar refractivity (Wildman–Crippen MR) is 77.1 cm³/mol. The van der Waals surface area contributed by atoms with Gasteiger partial charge in [0.15, 0.2) is 5.16 Å². The molecule has 0 fully saturated rings. The second-order valence-corrected chi connectivity index (χ2v) is 5.53. The largest absolute Gasteiger partial charge is 0.328 e. The molecule has 1 atom stereocenters. The van der Waals surface area contributed by atoms with E-state index < -0.39 is 0 Å². The molecule has 1 aromatic rings. The topological polar surface area (TPSA) is 71.8 Å². The highest BCUT2D eigenvalue weighted by molar-refractivity contribution is 7.99. The van der Waals surface area contributed by atoms with Crippen molar-refractivity contribution in [2.45, 2.75) is 57.1 Å². The van der Waals surface area contributed by atoms with Crippen LogP contribution in [0.5, 0.6) is 0 Å². The summed E-state index contributed by atoms with van der Waals surface area (Å²) in [5.41, 5.74) is 6.69. The molecule has 1 rings (SSSR count). The molecular weight excluding hydrogens is 246 g/mol. The maximum Gasteiger partial charge on any atom is 0.251 e. The summed E-state index contributed by atoms with van der Waals surface area (Å²) in [6, 6.07) is 1.88. The molecule has 0 aliphatic heterocycles. The summed E-state index contributed by atoms with van der Waals surface area (Å²) >= 11 is 1.60. The molecule has 1 heterocycles. The van der Waals surface area contributed by atoms with Crippen LogP contribution in [-0.2, 0) is 6.42 Å². The van der Waals surface area contributed by atoms with E-state index in [2.05, 4.69) is 23.8 Å². The van der Waals surface area contributed by atoms with Gasteiger partial charge in [0, 0.05) is 23.6 Å². The van der Waals surface area contributed by atoms with Gasteiger partial charge < -0.3 is 10.7 Å². The van der Waals surface area contributed by atoms with Crippen molar-refractivity contribution in [1.82, 2.24) is 9.97 Å². The van der Waals surface area contributed by atoms with Crippen LogP contribution in [-0.4, -0.2) is 21.8 Å². The molecule has 102 valence electrons. The Bertz CT molecular complexity index is 405. The molecule has 0 spiro atoms. The average molecular weight is 269 g/mol. The maximum absolute atomic E-state index is 11.4. The van der Waals surface area contributed by atoms with Gasteiger partial charge in [0.2, 0.25) is 0 Å². The standard InChI is InChI=1S/C13H23N3OS/c1-3-6-11-9-12(17)16-13(15-11)18-8-5-7-10(14)4-2/h9-10H,3-8,14H2,1-2H3,(H,15,16,17). The molecule has 4 nitrogen and oxygen atoms in total. The number of hydrogen-bond acceptors (Lipinski definition) is 4. The number of H-pyrrole nitrogens is 1. The zero-order valence-electron chi connectivity index (χ0n) is 11.2. The van der Waals surface area contributed by atoms with Gasteiger partial charge in [-0.1, -0.05) is 32.0 Å². The van der Waals surface area contributed by atoms with E-state index >= 15 is 0 Å². The zero-order chi connectivity index (χ0) is 13.4. The third-order valence-corrected chi connectivity index (χ3v) is 3.72. The SMILES string of the molecule is CCCc1cc(=O)[nH]c(SCCCC(N)CC)n1. The van der Waals surface area contributed by atoms with E-state index in [1.807, 2.05) is 0 Å². The Balaban J connectivity index is 2.44. The van der Waals surface area contributed by atoms with Crippen LogP contribution in [0.3, 0.4) is 0 Å². The summed E-state index contributed by atoms with van der Waals surface area (Å²) in [5, 5.41) is 0.732. The molecule has 18 heavy (non-hydrogen) atoms. The molecule has 0 saturated heterocycles. The number of aromatic amines is 1. The van der Waals surface area contributed by atoms with Crippen molar-refractivity contribution in [3.05, 3.63) is 22.1 Å². The van der Waals surface area contributed by atoms with Crippen LogP contribution in [0.25, 0.3) is 0 Å². The number of hydrogen-bond donors (Lipinski definition) is 2. The summed E-state index contributed by atoms with van der Waals surface area (Å²) in [4.78, 5) is 18.7. The van der Waals surface area contributed by atoms with Crippen molar-refractivity contribution in [2.75, 3.05) is 5.75 Å². The molecule has 0 aromatic carbocycles. The number of rotatable bonds is 8. The second kappa shape index (κ2) is 8.32. The van der Waals surface area contributed by atoms with Crippen molar-refractivity contribution < 1.29 is 0 Å². The maximum atomic E-state index is 11.4. The van der Waals surface area contributed by atoms with Crippen molar-refractivity contribution in [3.8, 4) is 0 Å². The highest BCUT2D eigenvalue weighted by Crippen LogP contribution is 2.14. The van der Waals surface area contributed by atoms with Crippen LogP contribution in [0.15, 0.2) is 16.0 Å². The lowest BCUT2D eigenvalue weighted by Gasteiger charge is -2.07. The Hall–Kier alpha value is -0.810. The number of nitrogens with zero attached hydrogens (tertiary/aromatic N) is 1. The molecule has 5 heteroatoms.